The maximum atomic E-state index is 12.5. The van der Waals surface area contributed by atoms with E-state index in [2.05, 4.69) is 0 Å². The van der Waals surface area contributed by atoms with Crippen LogP contribution in [0.3, 0.4) is 0 Å². The highest BCUT2D eigenvalue weighted by molar-refractivity contribution is 6.30. The summed E-state index contributed by atoms with van der Waals surface area (Å²) in [6, 6.07) is 6.97. The molecular weight excluding hydrogens is 345 g/mol. The largest absolute Gasteiger partial charge is 0.497 e. The summed E-state index contributed by atoms with van der Waals surface area (Å²) in [6.07, 6.45) is -3.70. The normalized spacial score (nSPS) is 22.9. The van der Waals surface area contributed by atoms with Gasteiger partial charge in [-0.25, -0.2) is 0 Å². The molecule has 0 bridgehead atoms. The number of benzene rings is 1. The van der Waals surface area contributed by atoms with Crippen molar-refractivity contribution in [3.63, 3.8) is 0 Å². The second-order valence-electron chi connectivity index (χ2n) is 6.29. The Balaban J connectivity index is 1.97. The zero-order valence-corrected chi connectivity index (χ0v) is 14.2. The number of esters is 1. The zero-order chi connectivity index (χ0) is 18.1. The Morgan fingerprint density at radius 1 is 1.29 bits per heavy atom. The second-order valence-corrected chi connectivity index (χ2v) is 6.70. The van der Waals surface area contributed by atoms with Crippen LogP contribution in [0.25, 0.3) is 0 Å². The van der Waals surface area contributed by atoms with Crippen LogP contribution in [0.1, 0.15) is 19.4 Å². The van der Waals surface area contributed by atoms with Crippen molar-refractivity contribution < 1.29 is 27.4 Å². The summed E-state index contributed by atoms with van der Waals surface area (Å²) in [7, 11) is 1.55. The number of carbonyl (C=O) groups excluding carboxylic acids is 1. The summed E-state index contributed by atoms with van der Waals surface area (Å²) in [5.41, 5.74) is 0.158. The summed E-state index contributed by atoms with van der Waals surface area (Å²) < 4.78 is 47.8. The van der Waals surface area contributed by atoms with Gasteiger partial charge in [0.15, 0.2) is 0 Å². The van der Waals surface area contributed by atoms with Gasteiger partial charge >= 0.3 is 12.1 Å². The van der Waals surface area contributed by atoms with E-state index in [0.29, 0.717) is 5.75 Å². The minimum Gasteiger partial charge on any atom is -0.497 e. The molecule has 0 saturated heterocycles. The Hall–Kier alpha value is -1.69. The molecule has 132 valence electrons. The molecule has 0 radical (unpaired) electrons. The Bertz CT molecular complexity index is 635. The quantitative estimate of drug-likeness (QED) is 0.712. The van der Waals surface area contributed by atoms with Gasteiger partial charge in [0.05, 0.1) is 13.0 Å². The van der Waals surface area contributed by atoms with Crippen LogP contribution in [0.4, 0.5) is 13.2 Å². The predicted molar refractivity (Wildman–Crippen MR) is 83.5 cm³/mol. The highest BCUT2D eigenvalue weighted by Crippen LogP contribution is 2.60. The van der Waals surface area contributed by atoms with Crippen molar-refractivity contribution in [1.82, 2.24) is 0 Å². The van der Waals surface area contributed by atoms with Gasteiger partial charge in [0.1, 0.15) is 17.4 Å². The molecule has 1 aliphatic carbocycles. The van der Waals surface area contributed by atoms with Crippen LogP contribution < -0.4 is 4.74 Å². The molecule has 0 spiro atoms. The monoisotopic (exact) mass is 362 g/mol. The fourth-order valence-corrected chi connectivity index (χ4v) is 2.79. The number of halogens is 4. The first-order chi connectivity index (χ1) is 11.1. The van der Waals surface area contributed by atoms with E-state index in [4.69, 9.17) is 21.1 Å². The molecule has 0 unspecified atom stereocenters. The highest BCUT2D eigenvalue weighted by atomic mass is 35.5. The number of hydrogen-bond acceptors (Lipinski definition) is 3. The third kappa shape index (κ3) is 4.04. The molecule has 1 fully saturated rings. The number of alkyl halides is 3. The van der Waals surface area contributed by atoms with Crippen LogP contribution in [-0.2, 0) is 16.1 Å². The third-order valence-electron chi connectivity index (χ3n) is 4.30. The lowest BCUT2D eigenvalue weighted by Gasteiger charge is -2.06. The summed E-state index contributed by atoms with van der Waals surface area (Å²) >= 11 is 5.26. The molecule has 3 nitrogen and oxygen atoms in total. The molecule has 1 aromatic carbocycles. The van der Waals surface area contributed by atoms with Gasteiger partial charge in [-0.15, -0.1) is 0 Å². The van der Waals surface area contributed by atoms with Gasteiger partial charge in [-0.1, -0.05) is 43.7 Å². The van der Waals surface area contributed by atoms with Gasteiger partial charge < -0.3 is 9.47 Å². The van der Waals surface area contributed by atoms with Crippen LogP contribution in [0.15, 0.2) is 35.4 Å². The zero-order valence-electron chi connectivity index (χ0n) is 13.5. The van der Waals surface area contributed by atoms with Crippen molar-refractivity contribution in [3.8, 4) is 5.75 Å². The van der Waals surface area contributed by atoms with E-state index in [0.717, 1.165) is 11.6 Å². The van der Waals surface area contributed by atoms with Gasteiger partial charge in [-0.05, 0) is 29.0 Å². The molecule has 7 heteroatoms. The average Bonchev–Trinajstić information content (AvgIpc) is 3.05. The van der Waals surface area contributed by atoms with Crippen LogP contribution in [-0.4, -0.2) is 19.3 Å². The summed E-state index contributed by atoms with van der Waals surface area (Å²) in [6.45, 7) is 3.49. The fraction of sp³-hybridized carbons (Fsp3) is 0.471. The molecule has 2 rings (SSSR count). The second kappa shape index (κ2) is 6.67. The summed E-state index contributed by atoms with van der Waals surface area (Å²) in [5.74, 6) is -1.06. The standard InChI is InChI=1S/C17H18ClF3O3/c1-16(2)12(8-13(18)17(19,20)21)14(16)15(22)24-9-10-4-6-11(23-3)7-5-10/h4-8,12,14H,9H2,1-3H3/t12-,14-/m1/s1. The predicted octanol–water partition coefficient (Wildman–Crippen LogP) is 4.70. The highest BCUT2D eigenvalue weighted by Gasteiger charge is 2.62. The van der Waals surface area contributed by atoms with Gasteiger partial charge in [0.2, 0.25) is 0 Å². The van der Waals surface area contributed by atoms with Crippen LogP contribution in [0.5, 0.6) is 5.75 Å². The van der Waals surface area contributed by atoms with E-state index in [1.165, 1.54) is 0 Å². The Morgan fingerprint density at radius 2 is 1.88 bits per heavy atom. The molecule has 1 aromatic rings. The molecule has 0 N–H and O–H groups in total. The van der Waals surface area contributed by atoms with Gasteiger partial charge in [-0.2, -0.15) is 13.2 Å². The molecule has 0 aliphatic heterocycles. The van der Waals surface area contributed by atoms with Crippen molar-refractivity contribution in [1.29, 1.82) is 0 Å². The lowest BCUT2D eigenvalue weighted by Crippen LogP contribution is -2.11. The van der Waals surface area contributed by atoms with Gasteiger partial charge in [-0.3, -0.25) is 4.79 Å². The Morgan fingerprint density at radius 3 is 2.38 bits per heavy atom. The first-order valence-corrected chi connectivity index (χ1v) is 7.69. The molecule has 1 saturated carbocycles. The minimum atomic E-state index is -4.60. The molecule has 0 heterocycles. The van der Waals surface area contributed by atoms with E-state index in [9.17, 15) is 18.0 Å². The van der Waals surface area contributed by atoms with Crippen molar-refractivity contribution in [2.45, 2.75) is 26.6 Å². The molecule has 0 aromatic heterocycles. The lowest BCUT2D eigenvalue weighted by molar-refractivity contribution is -0.147. The average molecular weight is 363 g/mol. The smallest absolute Gasteiger partial charge is 0.426 e. The van der Waals surface area contributed by atoms with Gasteiger partial charge in [0, 0.05) is 0 Å². The van der Waals surface area contributed by atoms with Crippen LogP contribution >= 0.6 is 11.6 Å². The SMILES string of the molecule is COc1ccc(COC(=O)[C@H]2[C@@H](C=C(Cl)C(F)(F)F)C2(C)C)cc1. The van der Waals surface area contributed by atoms with E-state index in [1.54, 1.807) is 45.2 Å². The van der Waals surface area contributed by atoms with Crippen LogP contribution in [0, 0.1) is 17.3 Å². The summed E-state index contributed by atoms with van der Waals surface area (Å²) in [5, 5.41) is -1.20. The van der Waals surface area contributed by atoms with E-state index >= 15 is 0 Å². The van der Waals surface area contributed by atoms with E-state index < -0.39 is 34.4 Å². The maximum absolute atomic E-state index is 12.5. The van der Waals surface area contributed by atoms with Crippen molar-refractivity contribution in [2.75, 3.05) is 7.11 Å². The third-order valence-corrected chi connectivity index (χ3v) is 4.64. The minimum absolute atomic E-state index is 0.0544. The Labute approximate surface area is 143 Å². The molecule has 2 atom stereocenters. The molecule has 24 heavy (non-hydrogen) atoms. The van der Waals surface area contributed by atoms with Crippen molar-refractivity contribution in [3.05, 3.63) is 40.9 Å². The number of rotatable bonds is 5. The first kappa shape index (κ1) is 18.6. The molecular formula is C17H18ClF3O3. The number of hydrogen-bond donors (Lipinski definition) is 0. The number of carbonyl (C=O) groups is 1. The summed E-state index contributed by atoms with van der Waals surface area (Å²) in [4.78, 5) is 12.2. The number of ether oxygens (including phenoxy) is 2. The maximum Gasteiger partial charge on any atom is 0.426 e. The van der Waals surface area contributed by atoms with Crippen molar-refractivity contribution >= 4 is 17.6 Å². The number of methoxy groups -OCH3 is 1. The Kier molecular flexibility index (Phi) is 5.18. The number of allylic oxidation sites excluding steroid dienone is 2. The molecule has 0 amide bonds. The van der Waals surface area contributed by atoms with Gasteiger partial charge in [0.25, 0.3) is 0 Å². The molecule has 1 aliphatic rings. The van der Waals surface area contributed by atoms with E-state index in [-0.39, 0.29) is 6.61 Å². The van der Waals surface area contributed by atoms with Crippen LogP contribution in [0.2, 0.25) is 0 Å². The lowest BCUT2D eigenvalue weighted by atomic mass is 10.1. The topological polar surface area (TPSA) is 35.5 Å². The van der Waals surface area contributed by atoms with E-state index in [1.807, 2.05) is 0 Å². The fourth-order valence-electron chi connectivity index (χ4n) is 2.66. The van der Waals surface area contributed by atoms with Crippen molar-refractivity contribution in [2.24, 2.45) is 17.3 Å². The first-order valence-electron chi connectivity index (χ1n) is 7.31.